The molecule has 0 saturated heterocycles. The number of esters is 1. The molecule has 2 heterocycles. The predicted molar refractivity (Wildman–Crippen MR) is 166 cm³/mol. The molecular formula is C29H23ClN5NaO5S2. The van der Waals surface area contributed by atoms with Crippen molar-refractivity contribution in [1.29, 1.82) is 10.5 Å². The zero-order valence-electron chi connectivity index (χ0n) is 21.9. The molecular weight excluding hydrogens is 621 g/mol. The Kier molecular flexibility index (Phi) is 12.8. The van der Waals surface area contributed by atoms with Crippen molar-refractivity contribution in [3.63, 3.8) is 0 Å². The fourth-order valence-corrected chi connectivity index (χ4v) is 5.69. The molecule has 0 aliphatic rings. The molecule has 0 aliphatic carbocycles. The van der Waals surface area contributed by atoms with Crippen molar-refractivity contribution in [2.24, 2.45) is 0 Å². The van der Waals surface area contributed by atoms with Gasteiger partial charge in [-0.25, -0.2) is 9.97 Å². The Bertz CT molecular complexity index is 1690. The second-order valence-corrected chi connectivity index (χ2v) is 10.8. The normalized spacial score (nSPS) is 10.2. The number of thioether (sulfide) groups is 1. The van der Waals surface area contributed by atoms with E-state index in [4.69, 9.17) is 31.9 Å². The average molecular weight is 644 g/mol. The van der Waals surface area contributed by atoms with Crippen molar-refractivity contribution in [3.8, 4) is 39.6 Å². The van der Waals surface area contributed by atoms with Crippen LogP contribution in [0.3, 0.4) is 0 Å². The molecule has 0 fully saturated rings. The summed E-state index contributed by atoms with van der Waals surface area (Å²) in [6.07, 6.45) is -0.511. The number of carbonyl (C=O) groups is 2. The number of hydrogen-bond donors (Lipinski definition) is 2. The fraction of sp³-hybridized carbons (Fsp3) is 0.172. The van der Waals surface area contributed by atoms with E-state index in [9.17, 15) is 20.1 Å². The van der Waals surface area contributed by atoms with Gasteiger partial charge in [-0.15, -0.1) is 11.3 Å². The van der Waals surface area contributed by atoms with Gasteiger partial charge in [-0.3, -0.25) is 9.59 Å². The van der Waals surface area contributed by atoms with Crippen LogP contribution in [0.4, 0.5) is 5.82 Å². The fourth-order valence-electron chi connectivity index (χ4n) is 3.75. The number of ether oxygens (including phenoxy) is 2. The van der Waals surface area contributed by atoms with Gasteiger partial charge in [0.05, 0.1) is 24.1 Å². The Morgan fingerprint density at radius 1 is 0.977 bits per heavy atom. The van der Waals surface area contributed by atoms with Gasteiger partial charge in [0.15, 0.2) is 0 Å². The van der Waals surface area contributed by atoms with Crippen LogP contribution in [0.1, 0.15) is 29.7 Å². The first-order valence-electron chi connectivity index (χ1n) is 12.4. The van der Waals surface area contributed by atoms with Crippen LogP contribution in [0.2, 0.25) is 5.02 Å². The van der Waals surface area contributed by atoms with E-state index in [1.54, 1.807) is 36.4 Å². The SMILES string of the molecule is N#Cc1c(N)nc(SCc2csc(-c3ccc(Cl)cc3)n2)c(C#N)c1-c1ccc(OCCOC(=O)CCC(=O)O)cc1.[NaH]. The van der Waals surface area contributed by atoms with Crippen molar-refractivity contribution in [3.05, 3.63) is 75.8 Å². The number of benzene rings is 2. The molecule has 0 bridgehead atoms. The van der Waals surface area contributed by atoms with E-state index in [2.05, 4.69) is 22.1 Å². The molecule has 4 aromatic rings. The summed E-state index contributed by atoms with van der Waals surface area (Å²) in [5.41, 5.74) is 9.16. The summed E-state index contributed by atoms with van der Waals surface area (Å²) < 4.78 is 10.5. The summed E-state index contributed by atoms with van der Waals surface area (Å²) >= 11 is 8.78. The van der Waals surface area contributed by atoms with Crippen LogP contribution in [0, 0.1) is 22.7 Å². The van der Waals surface area contributed by atoms with Crippen LogP contribution >= 0.6 is 34.7 Å². The molecule has 0 amide bonds. The van der Waals surface area contributed by atoms with Gasteiger partial charge < -0.3 is 20.3 Å². The Hall–Kier alpha value is -3.62. The molecule has 0 aliphatic heterocycles. The van der Waals surface area contributed by atoms with E-state index in [1.807, 2.05) is 17.5 Å². The van der Waals surface area contributed by atoms with Gasteiger partial charge in [0, 0.05) is 27.3 Å². The van der Waals surface area contributed by atoms with E-state index in [0.717, 1.165) is 16.3 Å². The maximum atomic E-state index is 11.5. The molecule has 43 heavy (non-hydrogen) atoms. The molecule has 0 saturated carbocycles. The predicted octanol–water partition coefficient (Wildman–Crippen LogP) is 5.28. The van der Waals surface area contributed by atoms with Crippen LogP contribution in [-0.2, 0) is 20.1 Å². The average Bonchev–Trinajstić information content (AvgIpc) is 3.46. The summed E-state index contributed by atoms with van der Waals surface area (Å²) in [5, 5.41) is 32.3. The number of nitrogens with zero attached hydrogens (tertiary/aromatic N) is 4. The number of hydrogen-bond acceptors (Lipinski definition) is 11. The second-order valence-electron chi connectivity index (χ2n) is 8.58. The zero-order valence-corrected chi connectivity index (χ0v) is 24.3. The van der Waals surface area contributed by atoms with Crippen LogP contribution in [0.5, 0.6) is 5.75 Å². The van der Waals surface area contributed by atoms with Crippen LogP contribution in [0.25, 0.3) is 21.7 Å². The topological polar surface area (TPSA) is 172 Å². The van der Waals surface area contributed by atoms with Crippen molar-refractivity contribution in [1.82, 2.24) is 9.97 Å². The second kappa shape index (κ2) is 16.3. The summed E-state index contributed by atoms with van der Waals surface area (Å²) in [6, 6.07) is 18.4. The third-order valence-electron chi connectivity index (χ3n) is 5.72. The Balaban J connectivity index is 0.00000506. The molecule has 0 atom stereocenters. The first-order chi connectivity index (χ1) is 20.3. The number of carboxylic acid groups (broad SMARTS) is 1. The van der Waals surface area contributed by atoms with Crippen molar-refractivity contribution >= 4 is 82.0 Å². The van der Waals surface area contributed by atoms with Gasteiger partial charge in [-0.05, 0) is 29.8 Å². The standard InChI is InChI=1S/C29H22ClN5O5S2.Na.H/c30-19-5-1-18(2-6-19)28-34-20(15-41-28)16-42-29-23(14-32)26(22(13-31)27(33)35-29)17-3-7-21(8-4-17)39-11-12-40-25(38)10-9-24(36)37;;/h1-8,15H,9-12,16H2,(H2,33,35)(H,36,37);;. The summed E-state index contributed by atoms with van der Waals surface area (Å²) in [7, 11) is 0. The van der Waals surface area contributed by atoms with Crippen LogP contribution in [-0.4, -0.2) is 69.8 Å². The number of thiazole rings is 1. The zero-order chi connectivity index (χ0) is 30.1. The number of anilines is 1. The third kappa shape index (κ3) is 9.18. The summed E-state index contributed by atoms with van der Waals surface area (Å²) in [4.78, 5) is 31.1. The third-order valence-corrected chi connectivity index (χ3v) is 7.92. The number of aromatic nitrogens is 2. The van der Waals surface area contributed by atoms with Gasteiger partial charge in [0.25, 0.3) is 0 Å². The molecule has 2 aromatic heterocycles. The molecule has 14 heteroatoms. The van der Waals surface area contributed by atoms with Crippen molar-refractivity contribution in [2.75, 3.05) is 18.9 Å². The van der Waals surface area contributed by atoms with Crippen LogP contribution in [0.15, 0.2) is 58.9 Å². The van der Waals surface area contributed by atoms with E-state index in [1.165, 1.54) is 23.1 Å². The number of nitriles is 2. The Morgan fingerprint density at radius 3 is 2.30 bits per heavy atom. The number of rotatable bonds is 12. The van der Waals surface area contributed by atoms with E-state index >= 15 is 0 Å². The molecule has 0 unspecified atom stereocenters. The van der Waals surface area contributed by atoms with E-state index in [-0.39, 0.29) is 72.6 Å². The number of pyridine rings is 1. The number of carboxylic acids is 1. The molecule has 0 spiro atoms. The van der Waals surface area contributed by atoms with Gasteiger partial charge in [-0.1, -0.05) is 47.6 Å². The number of nitrogens with two attached hydrogens (primary N) is 1. The quantitative estimate of drug-likeness (QED) is 0.0890. The Labute approximate surface area is 282 Å². The Morgan fingerprint density at radius 2 is 1.65 bits per heavy atom. The molecule has 0 radical (unpaired) electrons. The van der Waals surface area contributed by atoms with Gasteiger partial charge in [0.2, 0.25) is 0 Å². The number of aliphatic carboxylic acids is 1. The van der Waals surface area contributed by atoms with Gasteiger partial charge >= 0.3 is 41.5 Å². The molecule has 4 rings (SSSR count). The van der Waals surface area contributed by atoms with E-state index in [0.29, 0.717) is 32.7 Å². The minimum atomic E-state index is -1.08. The van der Waals surface area contributed by atoms with Crippen LogP contribution < -0.4 is 10.5 Å². The summed E-state index contributed by atoms with van der Waals surface area (Å²) in [6.45, 7) is 0.0173. The number of nitrogen functional groups attached to an aromatic ring is 1. The molecule has 10 nitrogen and oxygen atoms in total. The maximum absolute atomic E-state index is 11.5. The number of carbonyl (C=O) groups excluding carboxylic acids is 1. The van der Waals surface area contributed by atoms with Crippen molar-refractivity contribution in [2.45, 2.75) is 23.6 Å². The summed E-state index contributed by atoms with van der Waals surface area (Å²) in [5.74, 6) is -0.782. The first-order valence-corrected chi connectivity index (χ1v) is 14.6. The molecule has 2 aromatic carbocycles. The first kappa shape index (κ1) is 33.9. The monoisotopic (exact) mass is 643 g/mol. The minimum absolute atomic E-state index is 0. The van der Waals surface area contributed by atoms with E-state index < -0.39 is 11.9 Å². The number of halogens is 1. The molecule has 214 valence electrons. The van der Waals surface area contributed by atoms with Gasteiger partial charge in [0.1, 0.15) is 52.5 Å². The van der Waals surface area contributed by atoms with Gasteiger partial charge in [-0.2, -0.15) is 10.5 Å². The molecule has 3 N–H and O–H groups in total. The van der Waals surface area contributed by atoms with Crippen molar-refractivity contribution < 1.29 is 24.2 Å².